The maximum Gasteiger partial charge on any atom is 0.254 e. The molecule has 0 bridgehead atoms. The molecule has 0 radical (unpaired) electrons. The van der Waals surface area contributed by atoms with Gasteiger partial charge in [0.15, 0.2) is 0 Å². The molecule has 1 aromatic heterocycles. The SMILES string of the molecule is Cc1nc(OCC2CCCCO2)cc(=O)[nH]1. The number of H-pyrrole nitrogens is 1. The van der Waals surface area contributed by atoms with Gasteiger partial charge in [0.1, 0.15) is 12.4 Å². The van der Waals surface area contributed by atoms with Crippen molar-refractivity contribution in [1.82, 2.24) is 9.97 Å². The summed E-state index contributed by atoms with van der Waals surface area (Å²) in [5.41, 5.74) is -0.188. The molecule has 0 amide bonds. The van der Waals surface area contributed by atoms with Gasteiger partial charge in [-0.3, -0.25) is 4.79 Å². The minimum absolute atomic E-state index is 0.134. The van der Waals surface area contributed by atoms with E-state index in [2.05, 4.69) is 9.97 Å². The van der Waals surface area contributed by atoms with Crippen LogP contribution in [0.4, 0.5) is 0 Å². The van der Waals surface area contributed by atoms with Crippen molar-refractivity contribution in [2.75, 3.05) is 13.2 Å². The Kier molecular flexibility index (Phi) is 3.56. The molecule has 2 rings (SSSR count). The summed E-state index contributed by atoms with van der Waals surface area (Å²) in [6.45, 7) is 3.00. The number of hydrogen-bond donors (Lipinski definition) is 1. The molecule has 1 atom stereocenters. The van der Waals surface area contributed by atoms with E-state index < -0.39 is 0 Å². The molecule has 0 saturated carbocycles. The van der Waals surface area contributed by atoms with Crippen LogP contribution in [0, 0.1) is 6.92 Å². The van der Waals surface area contributed by atoms with Gasteiger partial charge in [0, 0.05) is 6.61 Å². The lowest BCUT2D eigenvalue weighted by molar-refractivity contribution is -0.0120. The molecule has 0 spiro atoms. The van der Waals surface area contributed by atoms with Gasteiger partial charge in [-0.1, -0.05) is 0 Å². The summed E-state index contributed by atoms with van der Waals surface area (Å²) in [5.74, 6) is 0.933. The van der Waals surface area contributed by atoms with Crippen LogP contribution in [0.3, 0.4) is 0 Å². The molecule has 5 nitrogen and oxygen atoms in total. The van der Waals surface area contributed by atoms with Gasteiger partial charge in [0.2, 0.25) is 5.88 Å². The third-order valence-electron chi connectivity index (χ3n) is 2.53. The number of aryl methyl sites for hydroxylation is 1. The highest BCUT2D eigenvalue weighted by Crippen LogP contribution is 2.13. The second kappa shape index (κ2) is 5.12. The quantitative estimate of drug-likeness (QED) is 0.832. The molecule has 5 heteroatoms. The van der Waals surface area contributed by atoms with E-state index in [0.717, 1.165) is 19.4 Å². The number of hydrogen-bond acceptors (Lipinski definition) is 4. The van der Waals surface area contributed by atoms with Crippen molar-refractivity contribution >= 4 is 0 Å². The van der Waals surface area contributed by atoms with E-state index in [9.17, 15) is 4.79 Å². The minimum atomic E-state index is -0.188. The maximum absolute atomic E-state index is 11.2. The molecule has 1 N–H and O–H groups in total. The van der Waals surface area contributed by atoms with E-state index in [1.165, 1.54) is 12.5 Å². The van der Waals surface area contributed by atoms with Crippen LogP contribution in [-0.2, 0) is 4.74 Å². The van der Waals surface area contributed by atoms with Gasteiger partial charge >= 0.3 is 0 Å². The predicted molar refractivity (Wildman–Crippen MR) is 58.7 cm³/mol. The molecule has 88 valence electrons. The summed E-state index contributed by atoms with van der Waals surface area (Å²) in [4.78, 5) is 17.8. The zero-order valence-corrected chi connectivity index (χ0v) is 9.36. The van der Waals surface area contributed by atoms with E-state index in [0.29, 0.717) is 18.3 Å². The fourth-order valence-corrected chi connectivity index (χ4v) is 1.74. The van der Waals surface area contributed by atoms with Crippen molar-refractivity contribution in [2.24, 2.45) is 0 Å². The van der Waals surface area contributed by atoms with Crippen LogP contribution in [0.5, 0.6) is 5.88 Å². The first kappa shape index (κ1) is 11.1. The molecule has 2 heterocycles. The minimum Gasteiger partial charge on any atom is -0.475 e. The Bertz CT molecular complexity index is 396. The summed E-state index contributed by atoms with van der Waals surface area (Å²) in [7, 11) is 0. The van der Waals surface area contributed by atoms with Crippen molar-refractivity contribution < 1.29 is 9.47 Å². The first-order chi connectivity index (χ1) is 7.74. The van der Waals surface area contributed by atoms with Crippen molar-refractivity contribution in [2.45, 2.75) is 32.3 Å². The molecule has 0 aromatic carbocycles. The Morgan fingerprint density at radius 2 is 2.50 bits per heavy atom. The standard InChI is InChI=1S/C11H16N2O3/c1-8-12-10(14)6-11(13-8)16-7-9-4-2-3-5-15-9/h6,9H,2-5,7H2,1H3,(H,12,13,14). The third-order valence-corrected chi connectivity index (χ3v) is 2.53. The molecular formula is C11H16N2O3. The van der Waals surface area contributed by atoms with Gasteiger partial charge in [0.05, 0.1) is 12.2 Å². The lowest BCUT2D eigenvalue weighted by atomic mass is 10.1. The third kappa shape index (κ3) is 3.06. The van der Waals surface area contributed by atoms with Gasteiger partial charge in [0.25, 0.3) is 5.56 Å². The van der Waals surface area contributed by atoms with Crippen LogP contribution < -0.4 is 10.3 Å². The normalized spacial score (nSPS) is 20.7. The van der Waals surface area contributed by atoms with Crippen molar-refractivity contribution in [1.29, 1.82) is 0 Å². The first-order valence-electron chi connectivity index (χ1n) is 5.56. The summed E-state index contributed by atoms with van der Waals surface area (Å²) in [5, 5.41) is 0. The van der Waals surface area contributed by atoms with Crippen LogP contribution in [0.1, 0.15) is 25.1 Å². The molecule has 1 saturated heterocycles. The van der Waals surface area contributed by atoms with Crippen LogP contribution in [-0.4, -0.2) is 29.3 Å². The van der Waals surface area contributed by atoms with Crippen molar-refractivity contribution in [3.8, 4) is 5.88 Å². The lowest BCUT2D eigenvalue weighted by Gasteiger charge is -2.22. The highest BCUT2D eigenvalue weighted by Gasteiger charge is 2.14. The fourth-order valence-electron chi connectivity index (χ4n) is 1.74. The van der Waals surface area contributed by atoms with Crippen LogP contribution in [0.15, 0.2) is 10.9 Å². The lowest BCUT2D eigenvalue weighted by Crippen LogP contribution is -2.26. The summed E-state index contributed by atoms with van der Waals surface area (Å²) < 4.78 is 11.0. The largest absolute Gasteiger partial charge is 0.475 e. The van der Waals surface area contributed by atoms with Gasteiger partial charge in [-0.2, -0.15) is 0 Å². The Morgan fingerprint density at radius 3 is 3.19 bits per heavy atom. The van der Waals surface area contributed by atoms with E-state index in [-0.39, 0.29) is 11.7 Å². The number of aromatic amines is 1. The Hall–Kier alpha value is -1.36. The molecule has 1 aliphatic heterocycles. The molecule has 1 unspecified atom stereocenters. The van der Waals surface area contributed by atoms with Gasteiger partial charge < -0.3 is 14.5 Å². The second-order valence-corrected chi connectivity index (χ2v) is 3.97. The Balaban J connectivity index is 1.90. The van der Waals surface area contributed by atoms with Gasteiger partial charge in [-0.15, -0.1) is 0 Å². The number of rotatable bonds is 3. The zero-order valence-electron chi connectivity index (χ0n) is 9.36. The van der Waals surface area contributed by atoms with E-state index in [1.54, 1.807) is 6.92 Å². The summed E-state index contributed by atoms with van der Waals surface area (Å²) in [6.07, 6.45) is 3.45. The van der Waals surface area contributed by atoms with E-state index in [1.807, 2.05) is 0 Å². The number of ether oxygens (including phenoxy) is 2. The molecular weight excluding hydrogens is 208 g/mol. The number of aromatic nitrogens is 2. The molecule has 1 fully saturated rings. The highest BCUT2D eigenvalue weighted by atomic mass is 16.5. The van der Waals surface area contributed by atoms with Crippen LogP contribution in [0.2, 0.25) is 0 Å². The number of nitrogens with zero attached hydrogens (tertiary/aromatic N) is 1. The molecule has 16 heavy (non-hydrogen) atoms. The molecule has 1 aromatic rings. The van der Waals surface area contributed by atoms with E-state index >= 15 is 0 Å². The van der Waals surface area contributed by atoms with Gasteiger partial charge in [-0.25, -0.2) is 4.98 Å². The summed E-state index contributed by atoms with van der Waals surface area (Å²) >= 11 is 0. The van der Waals surface area contributed by atoms with Crippen molar-refractivity contribution in [3.63, 3.8) is 0 Å². The van der Waals surface area contributed by atoms with Gasteiger partial charge in [-0.05, 0) is 26.2 Å². The number of nitrogens with one attached hydrogen (secondary N) is 1. The van der Waals surface area contributed by atoms with Crippen LogP contribution in [0.25, 0.3) is 0 Å². The fraction of sp³-hybridized carbons (Fsp3) is 0.636. The average molecular weight is 224 g/mol. The van der Waals surface area contributed by atoms with Crippen LogP contribution >= 0.6 is 0 Å². The monoisotopic (exact) mass is 224 g/mol. The maximum atomic E-state index is 11.2. The average Bonchev–Trinajstić information content (AvgIpc) is 2.27. The molecule has 1 aliphatic rings. The Labute approximate surface area is 93.8 Å². The van der Waals surface area contributed by atoms with E-state index in [4.69, 9.17) is 9.47 Å². The predicted octanol–water partition coefficient (Wildman–Crippen LogP) is 1.03. The smallest absolute Gasteiger partial charge is 0.254 e. The highest BCUT2D eigenvalue weighted by molar-refractivity contribution is 5.08. The Morgan fingerprint density at radius 1 is 1.62 bits per heavy atom. The topological polar surface area (TPSA) is 64.2 Å². The second-order valence-electron chi connectivity index (χ2n) is 3.97. The zero-order chi connectivity index (χ0) is 11.4. The summed E-state index contributed by atoms with van der Waals surface area (Å²) in [6, 6.07) is 1.36. The molecule has 0 aliphatic carbocycles. The first-order valence-corrected chi connectivity index (χ1v) is 5.56. The van der Waals surface area contributed by atoms with Crippen molar-refractivity contribution in [3.05, 3.63) is 22.2 Å².